The second kappa shape index (κ2) is 4.72. The van der Waals surface area contributed by atoms with Gasteiger partial charge in [-0.15, -0.1) is 0 Å². The van der Waals surface area contributed by atoms with Gasteiger partial charge in [0.05, 0.1) is 0 Å². The van der Waals surface area contributed by atoms with Crippen LogP contribution in [0.2, 0.25) is 0 Å². The SMILES string of the molecule is Nc1cc(N2CCCSCC2)nc(C2CC2)n1. The number of nitrogens with zero attached hydrogens (tertiary/aromatic N) is 3. The van der Waals surface area contributed by atoms with Crippen LogP contribution in [0.4, 0.5) is 11.6 Å². The monoisotopic (exact) mass is 250 g/mol. The summed E-state index contributed by atoms with van der Waals surface area (Å²) >= 11 is 2.02. The van der Waals surface area contributed by atoms with E-state index in [9.17, 15) is 0 Å². The second-order valence-corrected chi connectivity index (χ2v) is 5.96. The highest BCUT2D eigenvalue weighted by molar-refractivity contribution is 7.99. The first-order valence-corrected chi connectivity index (χ1v) is 7.45. The molecule has 1 aromatic rings. The van der Waals surface area contributed by atoms with Crippen molar-refractivity contribution in [3.8, 4) is 0 Å². The van der Waals surface area contributed by atoms with Crippen LogP contribution in [-0.2, 0) is 0 Å². The zero-order valence-corrected chi connectivity index (χ0v) is 10.7. The van der Waals surface area contributed by atoms with Gasteiger partial charge in [-0.3, -0.25) is 0 Å². The van der Waals surface area contributed by atoms with Crippen LogP contribution in [0.5, 0.6) is 0 Å². The van der Waals surface area contributed by atoms with Gasteiger partial charge in [0, 0.05) is 30.8 Å². The van der Waals surface area contributed by atoms with Crippen LogP contribution in [0.25, 0.3) is 0 Å². The summed E-state index contributed by atoms with van der Waals surface area (Å²) in [6.07, 6.45) is 3.67. The zero-order valence-electron chi connectivity index (χ0n) is 9.93. The number of nitrogen functional groups attached to an aromatic ring is 1. The zero-order chi connectivity index (χ0) is 11.7. The van der Waals surface area contributed by atoms with Gasteiger partial charge in [0.15, 0.2) is 0 Å². The van der Waals surface area contributed by atoms with Crippen LogP contribution >= 0.6 is 11.8 Å². The van der Waals surface area contributed by atoms with Gasteiger partial charge in [-0.25, -0.2) is 9.97 Å². The van der Waals surface area contributed by atoms with Crippen LogP contribution in [0.3, 0.4) is 0 Å². The maximum absolute atomic E-state index is 5.89. The highest BCUT2D eigenvalue weighted by atomic mass is 32.2. The molecule has 2 heterocycles. The Morgan fingerprint density at radius 2 is 2.12 bits per heavy atom. The molecule has 0 unspecified atom stereocenters. The van der Waals surface area contributed by atoms with E-state index >= 15 is 0 Å². The number of aromatic nitrogens is 2. The molecule has 0 atom stereocenters. The quantitative estimate of drug-likeness (QED) is 0.868. The Balaban J connectivity index is 1.84. The van der Waals surface area contributed by atoms with Gasteiger partial charge >= 0.3 is 0 Å². The predicted molar refractivity (Wildman–Crippen MR) is 72.6 cm³/mol. The molecule has 4 nitrogen and oxygen atoms in total. The first kappa shape index (κ1) is 11.1. The molecule has 0 aromatic carbocycles. The van der Waals surface area contributed by atoms with Gasteiger partial charge in [-0.2, -0.15) is 11.8 Å². The highest BCUT2D eigenvalue weighted by Crippen LogP contribution is 2.39. The van der Waals surface area contributed by atoms with Crippen LogP contribution in [-0.4, -0.2) is 34.6 Å². The molecule has 1 aromatic heterocycles. The smallest absolute Gasteiger partial charge is 0.136 e. The van der Waals surface area contributed by atoms with Crippen molar-refractivity contribution in [3.63, 3.8) is 0 Å². The third-order valence-corrected chi connectivity index (χ3v) is 4.29. The Labute approximate surface area is 106 Å². The van der Waals surface area contributed by atoms with Crippen LogP contribution < -0.4 is 10.6 Å². The molecule has 1 saturated carbocycles. The van der Waals surface area contributed by atoms with E-state index in [1.165, 1.54) is 30.8 Å². The fourth-order valence-electron chi connectivity index (χ4n) is 2.13. The van der Waals surface area contributed by atoms with Crippen molar-refractivity contribution in [2.24, 2.45) is 0 Å². The molecular weight excluding hydrogens is 232 g/mol. The molecule has 1 aliphatic carbocycles. The van der Waals surface area contributed by atoms with Crippen molar-refractivity contribution >= 4 is 23.4 Å². The minimum atomic E-state index is 0.568. The lowest BCUT2D eigenvalue weighted by molar-refractivity contribution is 0.787. The molecule has 0 spiro atoms. The van der Waals surface area contributed by atoms with Crippen LogP contribution in [0.1, 0.15) is 31.0 Å². The topological polar surface area (TPSA) is 55.0 Å². The molecular formula is C12H18N4S. The molecule has 17 heavy (non-hydrogen) atoms. The highest BCUT2D eigenvalue weighted by Gasteiger charge is 2.27. The largest absolute Gasteiger partial charge is 0.384 e. The van der Waals surface area contributed by atoms with Crippen molar-refractivity contribution in [2.75, 3.05) is 35.2 Å². The van der Waals surface area contributed by atoms with Gasteiger partial charge in [0.2, 0.25) is 0 Å². The fraction of sp³-hybridized carbons (Fsp3) is 0.667. The van der Waals surface area contributed by atoms with E-state index in [1.54, 1.807) is 0 Å². The summed E-state index contributed by atoms with van der Waals surface area (Å²) in [5, 5.41) is 0. The van der Waals surface area contributed by atoms with E-state index in [2.05, 4.69) is 14.9 Å². The number of thioether (sulfide) groups is 1. The summed E-state index contributed by atoms with van der Waals surface area (Å²) in [7, 11) is 0. The van der Waals surface area contributed by atoms with Crippen molar-refractivity contribution in [2.45, 2.75) is 25.2 Å². The van der Waals surface area contributed by atoms with Gasteiger partial charge in [-0.05, 0) is 25.0 Å². The Morgan fingerprint density at radius 1 is 1.24 bits per heavy atom. The van der Waals surface area contributed by atoms with Gasteiger partial charge < -0.3 is 10.6 Å². The van der Waals surface area contributed by atoms with Crippen LogP contribution in [0.15, 0.2) is 6.07 Å². The Hall–Kier alpha value is -0.970. The van der Waals surface area contributed by atoms with E-state index in [-0.39, 0.29) is 0 Å². The van der Waals surface area contributed by atoms with Crippen molar-refractivity contribution in [1.29, 1.82) is 0 Å². The molecule has 1 saturated heterocycles. The number of hydrogen-bond acceptors (Lipinski definition) is 5. The van der Waals surface area contributed by atoms with Gasteiger partial charge in [0.1, 0.15) is 17.5 Å². The Kier molecular flexibility index (Phi) is 3.09. The molecule has 2 aliphatic rings. The summed E-state index contributed by atoms with van der Waals surface area (Å²) in [6, 6.07) is 1.92. The average molecular weight is 250 g/mol. The minimum absolute atomic E-state index is 0.568. The Morgan fingerprint density at radius 3 is 2.94 bits per heavy atom. The maximum atomic E-state index is 5.89. The average Bonchev–Trinajstić information content (AvgIpc) is 3.16. The maximum Gasteiger partial charge on any atom is 0.136 e. The number of anilines is 2. The number of nitrogens with two attached hydrogens (primary N) is 1. The van der Waals surface area contributed by atoms with E-state index in [0.717, 1.165) is 24.7 Å². The van der Waals surface area contributed by atoms with Gasteiger partial charge in [0.25, 0.3) is 0 Å². The summed E-state index contributed by atoms with van der Waals surface area (Å²) in [4.78, 5) is 11.4. The van der Waals surface area contributed by atoms with E-state index in [0.29, 0.717) is 11.7 Å². The summed E-state index contributed by atoms with van der Waals surface area (Å²) in [5.41, 5.74) is 5.89. The van der Waals surface area contributed by atoms with E-state index in [1.807, 2.05) is 17.8 Å². The van der Waals surface area contributed by atoms with Gasteiger partial charge in [-0.1, -0.05) is 0 Å². The number of rotatable bonds is 2. The lowest BCUT2D eigenvalue weighted by atomic mass is 10.3. The minimum Gasteiger partial charge on any atom is -0.384 e. The van der Waals surface area contributed by atoms with Crippen molar-refractivity contribution < 1.29 is 0 Å². The molecule has 1 aliphatic heterocycles. The third-order valence-electron chi connectivity index (χ3n) is 3.24. The molecule has 3 rings (SSSR count). The summed E-state index contributed by atoms with van der Waals surface area (Å²) in [5.74, 6) is 5.61. The third kappa shape index (κ3) is 2.65. The fourth-order valence-corrected chi connectivity index (χ4v) is 3.02. The normalized spacial score (nSPS) is 21.3. The van der Waals surface area contributed by atoms with Crippen LogP contribution in [0, 0.1) is 0 Å². The van der Waals surface area contributed by atoms with E-state index < -0.39 is 0 Å². The molecule has 0 radical (unpaired) electrons. The number of hydrogen-bond donors (Lipinski definition) is 1. The lowest BCUT2D eigenvalue weighted by Crippen LogP contribution is -2.27. The first-order valence-electron chi connectivity index (χ1n) is 6.30. The van der Waals surface area contributed by atoms with Crippen molar-refractivity contribution in [3.05, 3.63) is 11.9 Å². The molecule has 5 heteroatoms. The van der Waals surface area contributed by atoms with Crippen molar-refractivity contribution in [1.82, 2.24) is 9.97 Å². The summed E-state index contributed by atoms with van der Waals surface area (Å²) in [6.45, 7) is 2.17. The molecule has 0 bridgehead atoms. The molecule has 0 amide bonds. The Bertz CT molecular complexity index is 397. The molecule has 2 fully saturated rings. The summed E-state index contributed by atoms with van der Waals surface area (Å²) < 4.78 is 0. The second-order valence-electron chi connectivity index (χ2n) is 4.74. The van der Waals surface area contributed by atoms with E-state index in [4.69, 9.17) is 5.73 Å². The predicted octanol–water partition coefficient (Wildman–Crippen LogP) is 1.88. The first-order chi connectivity index (χ1) is 8.33. The molecule has 2 N–H and O–H groups in total. The lowest BCUT2D eigenvalue weighted by Gasteiger charge is -2.21. The standard InChI is InChI=1S/C12H18N4S/c13-10-8-11(15-12(14-10)9-2-3-9)16-4-1-6-17-7-5-16/h8-9H,1-7H2,(H2,13,14,15). The molecule has 92 valence electrons.